The topological polar surface area (TPSA) is 80.2 Å². The molecule has 0 spiro atoms. The second-order valence-electron chi connectivity index (χ2n) is 4.72. The number of rotatable bonds is 5. The van der Waals surface area contributed by atoms with Gasteiger partial charge in [0.2, 0.25) is 0 Å². The fourth-order valence-electron chi connectivity index (χ4n) is 1.98. The van der Waals surface area contributed by atoms with Crippen molar-refractivity contribution in [2.75, 3.05) is 14.2 Å². The second-order valence-corrected chi connectivity index (χ2v) is 4.72. The Morgan fingerprint density at radius 3 is 2.39 bits per heavy atom. The minimum absolute atomic E-state index is 0.0186. The predicted molar refractivity (Wildman–Crippen MR) is 87.3 cm³/mol. The van der Waals surface area contributed by atoms with Gasteiger partial charge in [0.1, 0.15) is 5.75 Å². The van der Waals surface area contributed by atoms with E-state index in [0.29, 0.717) is 28.3 Å². The van der Waals surface area contributed by atoms with Gasteiger partial charge in [0.15, 0.2) is 11.5 Å². The summed E-state index contributed by atoms with van der Waals surface area (Å²) in [6, 6.07) is 11.7. The smallest absolute Gasteiger partial charge is 0.271 e. The lowest BCUT2D eigenvalue weighted by Crippen LogP contribution is -2.19. The lowest BCUT2D eigenvalue weighted by molar-refractivity contribution is 0.0955. The van der Waals surface area contributed by atoms with Crippen molar-refractivity contribution in [3.8, 4) is 17.2 Å². The van der Waals surface area contributed by atoms with E-state index in [-0.39, 0.29) is 11.7 Å². The summed E-state index contributed by atoms with van der Waals surface area (Å²) < 4.78 is 10.1. The molecule has 6 nitrogen and oxygen atoms in total. The first-order chi connectivity index (χ1) is 11.1. The number of nitrogens with one attached hydrogen (secondary N) is 1. The van der Waals surface area contributed by atoms with Gasteiger partial charge in [0.25, 0.3) is 5.91 Å². The zero-order valence-electron chi connectivity index (χ0n) is 13.2. The maximum absolute atomic E-state index is 12.0. The van der Waals surface area contributed by atoms with E-state index in [1.807, 2.05) is 0 Å². The van der Waals surface area contributed by atoms with Crippen LogP contribution in [0.4, 0.5) is 0 Å². The second kappa shape index (κ2) is 7.31. The molecule has 0 saturated heterocycles. The minimum atomic E-state index is -0.352. The predicted octanol–water partition coefficient (Wildman–Crippen LogP) is 2.56. The first kappa shape index (κ1) is 16.4. The number of phenols is 1. The van der Waals surface area contributed by atoms with Gasteiger partial charge in [-0.3, -0.25) is 4.79 Å². The van der Waals surface area contributed by atoms with Gasteiger partial charge in [-0.25, -0.2) is 5.43 Å². The van der Waals surface area contributed by atoms with Crippen molar-refractivity contribution < 1.29 is 19.4 Å². The molecule has 0 bridgehead atoms. The van der Waals surface area contributed by atoms with Crippen LogP contribution in [0.25, 0.3) is 0 Å². The number of hydrazone groups is 1. The van der Waals surface area contributed by atoms with Gasteiger partial charge in [-0.1, -0.05) is 6.07 Å². The molecule has 0 aliphatic heterocycles. The Labute approximate surface area is 134 Å². The molecule has 0 atom stereocenters. The van der Waals surface area contributed by atoms with Crippen LogP contribution in [0.1, 0.15) is 22.8 Å². The number of carbonyl (C=O) groups excluding carboxylic acids is 1. The van der Waals surface area contributed by atoms with Crippen molar-refractivity contribution in [3.63, 3.8) is 0 Å². The monoisotopic (exact) mass is 314 g/mol. The van der Waals surface area contributed by atoms with Crippen molar-refractivity contribution >= 4 is 11.6 Å². The molecule has 0 aliphatic rings. The van der Waals surface area contributed by atoms with Gasteiger partial charge >= 0.3 is 0 Å². The Balaban J connectivity index is 2.14. The van der Waals surface area contributed by atoms with Gasteiger partial charge in [-0.2, -0.15) is 5.10 Å². The molecule has 2 N–H and O–H groups in total. The third kappa shape index (κ3) is 3.79. The number of methoxy groups -OCH3 is 2. The minimum Gasteiger partial charge on any atom is -0.504 e. The fourth-order valence-corrected chi connectivity index (χ4v) is 1.98. The first-order valence-corrected chi connectivity index (χ1v) is 6.92. The summed E-state index contributed by atoms with van der Waals surface area (Å²) in [4.78, 5) is 12.0. The van der Waals surface area contributed by atoms with Crippen LogP contribution in [-0.4, -0.2) is 30.9 Å². The Hall–Kier alpha value is -3.02. The van der Waals surface area contributed by atoms with Crippen molar-refractivity contribution in [1.29, 1.82) is 0 Å². The zero-order valence-corrected chi connectivity index (χ0v) is 13.2. The molecular weight excluding hydrogens is 296 g/mol. The highest BCUT2D eigenvalue weighted by molar-refractivity contribution is 6.03. The van der Waals surface area contributed by atoms with Crippen LogP contribution in [0.15, 0.2) is 47.6 Å². The molecule has 0 saturated carbocycles. The Kier molecular flexibility index (Phi) is 5.19. The van der Waals surface area contributed by atoms with Crippen LogP contribution >= 0.6 is 0 Å². The number of aromatic hydroxyl groups is 1. The Morgan fingerprint density at radius 1 is 1.09 bits per heavy atom. The third-order valence-corrected chi connectivity index (χ3v) is 3.29. The summed E-state index contributed by atoms with van der Waals surface area (Å²) in [6.45, 7) is 1.68. The summed E-state index contributed by atoms with van der Waals surface area (Å²) in [7, 11) is 3.03. The van der Waals surface area contributed by atoms with E-state index in [1.54, 1.807) is 56.5 Å². The molecule has 6 heteroatoms. The molecule has 0 heterocycles. The molecule has 1 amide bonds. The van der Waals surface area contributed by atoms with E-state index in [1.165, 1.54) is 7.11 Å². The Bertz CT molecular complexity index is 724. The standard InChI is InChI=1S/C17H18N2O4/c1-11(14-5-4-6-15(23-3)16(14)20)18-19-17(21)12-7-9-13(22-2)10-8-12/h4-10,20H,1-3H3,(H,19,21). The van der Waals surface area contributed by atoms with Crippen LogP contribution in [0, 0.1) is 0 Å². The van der Waals surface area contributed by atoms with E-state index in [2.05, 4.69) is 10.5 Å². The fraction of sp³-hybridized carbons (Fsp3) is 0.176. The normalized spacial score (nSPS) is 11.0. The van der Waals surface area contributed by atoms with Crippen LogP contribution in [-0.2, 0) is 0 Å². The molecule has 2 aromatic carbocycles. The molecule has 0 aromatic heterocycles. The van der Waals surface area contributed by atoms with E-state index in [0.717, 1.165) is 0 Å². The number of carbonyl (C=O) groups is 1. The lowest BCUT2D eigenvalue weighted by Gasteiger charge is -2.08. The summed E-state index contributed by atoms with van der Waals surface area (Å²) in [5, 5.41) is 14.1. The van der Waals surface area contributed by atoms with E-state index < -0.39 is 0 Å². The number of nitrogens with zero attached hydrogens (tertiary/aromatic N) is 1. The summed E-state index contributed by atoms with van der Waals surface area (Å²) >= 11 is 0. The first-order valence-electron chi connectivity index (χ1n) is 6.92. The molecule has 0 radical (unpaired) electrons. The van der Waals surface area contributed by atoms with Gasteiger partial charge < -0.3 is 14.6 Å². The van der Waals surface area contributed by atoms with E-state index in [9.17, 15) is 9.90 Å². The van der Waals surface area contributed by atoms with Gasteiger partial charge in [-0.15, -0.1) is 0 Å². The lowest BCUT2D eigenvalue weighted by atomic mass is 10.1. The van der Waals surface area contributed by atoms with Crippen LogP contribution < -0.4 is 14.9 Å². The summed E-state index contributed by atoms with van der Waals surface area (Å²) in [5.41, 5.74) is 3.86. The maximum Gasteiger partial charge on any atom is 0.271 e. The number of benzene rings is 2. The van der Waals surface area contributed by atoms with Gasteiger partial charge in [0.05, 0.1) is 19.9 Å². The summed E-state index contributed by atoms with van der Waals surface area (Å²) in [6.07, 6.45) is 0. The summed E-state index contributed by atoms with van der Waals surface area (Å²) in [5.74, 6) is 0.644. The highest BCUT2D eigenvalue weighted by atomic mass is 16.5. The Morgan fingerprint density at radius 2 is 1.78 bits per heavy atom. The van der Waals surface area contributed by atoms with E-state index in [4.69, 9.17) is 9.47 Å². The van der Waals surface area contributed by atoms with Gasteiger partial charge in [0, 0.05) is 11.1 Å². The van der Waals surface area contributed by atoms with Crippen LogP contribution in [0.2, 0.25) is 0 Å². The van der Waals surface area contributed by atoms with Crippen LogP contribution in [0.3, 0.4) is 0 Å². The molecule has 2 rings (SSSR count). The largest absolute Gasteiger partial charge is 0.504 e. The van der Waals surface area contributed by atoms with Crippen LogP contribution in [0.5, 0.6) is 17.2 Å². The zero-order chi connectivity index (χ0) is 16.8. The van der Waals surface area contributed by atoms with Crippen molar-refractivity contribution in [3.05, 3.63) is 53.6 Å². The molecular formula is C17H18N2O4. The average molecular weight is 314 g/mol. The number of hydrogen-bond acceptors (Lipinski definition) is 5. The molecule has 0 aliphatic carbocycles. The number of ether oxygens (including phenoxy) is 2. The number of phenolic OH excluding ortho intramolecular Hbond substituents is 1. The molecule has 0 fully saturated rings. The number of hydrogen-bond donors (Lipinski definition) is 2. The van der Waals surface area contributed by atoms with Crippen molar-refractivity contribution in [2.45, 2.75) is 6.92 Å². The highest BCUT2D eigenvalue weighted by Gasteiger charge is 2.11. The number of amides is 1. The van der Waals surface area contributed by atoms with E-state index >= 15 is 0 Å². The van der Waals surface area contributed by atoms with Crippen molar-refractivity contribution in [2.24, 2.45) is 5.10 Å². The third-order valence-electron chi connectivity index (χ3n) is 3.29. The average Bonchev–Trinajstić information content (AvgIpc) is 2.59. The number of para-hydroxylation sites is 1. The van der Waals surface area contributed by atoms with Crippen molar-refractivity contribution in [1.82, 2.24) is 5.43 Å². The molecule has 23 heavy (non-hydrogen) atoms. The molecule has 0 unspecified atom stereocenters. The highest BCUT2D eigenvalue weighted by Crippen LogP contribution is 2.29. The maximum atomic E-state index is 12.0. The molecule has 120 valence electrons. The SMILES string of the molecule is COc1ccc(C(=O)NN=C(C)c2cccc(OC)c2O)cc1. The van der Waals surface area contributed by atoms with Gasteiger partial charge in [-0.05, 0) is 43.3 Å². The molecule has 2 aromatic rings. The quantitative estimate of drug-likeness (QED) is 0.656.